The Morgan fingerprint density at radius 1 is 1.20 bits per heavy atom. The van der Waals surface area contributed by atoms with Crippen molar-refractivity contribution in [2.75, 3.05) is 6.54 Å². The first-order chi connectivity index (χ1) is 9.21. The molecular formula is C15H28N2O3. The number of amides is 2. The molecule has 1 rings (SSSR count). The summed E-state index contributed by atoms with van der Waals surface area (Å²) < 4.78 is 0. The summed E-state index contributed by atoms with van der Waals surface area (Å²) in [7, 11) is 0. The highest BCUT2D eigenvalue weighted by atomic mass is 16.4. The van der Waals surface area contributed by atoms with E-state index in [0.717, 1.165) is 19.3 Å². The van der Waals surface area contributed by atoms with Crippen LogP contribution in [0.1, 0.15) is 59.8 Å². The van der Waals surface area contributed by atoms with Crippen molar-refractivity contribution in [3.63, 3.8) is 0 Å². The van der Waals surface area contributed by atoms with Crippen molar-refractivity contribution in [3.8, 4) is 0 Å². The molecule has 116 valence electrons. The summed E-state index contributed by atoms with van der Waals surface area (Å²) in [5, 5.41) is 12.0. The Hall–Kier alpha value is -1.26. The van der Waals surface area contributed by atoms with E-state index >= 15 is 0 Å². The Balaban J connectivity index is 2.71. The molecule has 1 aliphatic rings. The van der Waals surface area contributed by atoms with Gasteiger partial charge in [0.1, 0.15) is 6.54 Å². The predicted molar refractivity (Wildman–Crippen MR) is 78.7 cm³/mol. The van der Waals surface area contributed by atoms with Gasteiger partial charge in [-0.05, 0) is 39.5 Å². The number of carboxylic acids is 1. The zero-order valence-electron chi connectivity index (χ0n) is 13.1. The maximum atomic E-state index is 12.4. The first kappa shape index (κ1) is 16.8. The van der Waals surface area contributed by atoms with Gasteiger partial charge in [-0.2, -0.15) is 0 Å². The van der Waals surface area contributed by atoms with E-state index in [-0.39, 0.29) is 18.6 Å². The zero-order valence-corrected chi connectivity index (χ0v) is 13.1. The quantitative estimate of drug-likeness (QED) is 0.783. The van der Waals surface area contributed by atoms with Crippen LogP contribution in [-0.2, 0) is 4.79 Å². The van der Waals surface area contributed by atoms with Crippen molar-refractivity contribution in [1.29, 1.82) is 0 Å². The van der Waals surface area contributed by atoms with E-state index in [1.54, 1.807) is 0 Å². The van der Waals surface area contributed by atoms with Crippen LogP contribution in [0.2, 0.25) is 0 Å². The molecule has 5 nitrogen and oxygen atoms in total. The zero-order chi connectivity index (χ0) is 15.3. The number of hydrogen-bond donors (Lipinski definition) is 2. The summed E-state index contributed by atoms with van der Waals surface area (Å²) in [5.41, 5.74) is -0.504. The van der Waals surface area contributed by atoms with E-state index < -0.39 is 11.5 Å². The van der Waals surface area contributed by atoms with Crippen LogP contribution in [0.25, 0.3) is 0 Å². The first-order valence-corrected chi connectivity index (χ1v) is 7.51. The summed E-state index contributed by atoms with van der Waals surface area (Å²) in [6.45, 7) is 7.45. The van der Waals surface area contributed by atoms with Crippen molar-refractivity contribution in [2.45, 2.75) is 71.4 Å². The summed E-state index contributed by atoms with van der Waals surface area (Å²) >= 11 is 0. The average molecular weight is 284 g/mol. The van der Waals surface area contributed by atoms with Gasteiger partial charge in [0.2, 0.25) is 0 Å². The second kappa shape index (κ2) is 6.95. The minimum absolute atomic E-state index is 0.156. The van der Waals surface area contributed by atoms with Gasteiger partial charge >= 0.3 is 12.0 Å². The number of aliphatic carboxylic acids is 1. The lowest BCUT2D eigenvalue weighted by Gasteiger charge is -2.36. The molecule has 20 heavy (non-hydrogen) atoms. The fourth-order valence-electron chi connectivity index (χ4n) is 2.69. The smallest absolute Gasteiger partial charge is 0.323 e. The van der Waals surface area contributed by atoms with Crippen molar-refractivity contribution in [2.24, 2.45) is 5.92 Å². The maximum Gasteiger partial charge on any atom is 0.323 e. The van der Waals surface area contributed by atoms with Crippen molar-refractivity contribution in [3.05, 3.63) is 0 Å². The Morgan fingerprint density at radius 2 is 1.80 bits per heavy atom. The van der Waals surface area contributed by atoms with Crippen LogP contribution in [-0.4, -0.2) is 40.1 Å². The Bertz CT molecular complexity index is 350. The first-order valence-electron chi connectivity index (χ1n) is 7.51. The lowest BCUT2D eigenvalue weighted by atomic mass is 9.97. The molecule has 1 aliphatic carbocycles. The van der Waals surface area contributed by atoms with Gasteiger partial charge in [-0.1, -0.05) is 26.2 Å². The Kier molecular flexibility index (Phi) is 5.84. The van der Waals surface area contributed by atoms with Crippen LogP contribution in [0.15, 0.2) is 0 Å². The minimum atomic E-state index is -0.982. The average Bonchev–Trinajstić information content (AvgIpc) is 2.50. The molecule has 0 aromatic carbocycles. The van der Waals surface area contributed by atoms with Crippen molar-refractivity contribution < 1.29 is 14.7 Å². The van der Waals surface area contributed by atoms with Gasteiger partial charge in [0.05, 0.1) is 0 Å². The van der Waals surface area contributed by atoms with E-state index in [2.05, 4.69) is 12.2 Å². The lowest BCUT2D eigenvalue weighted by Crippen LogP contribution is -2.55. The van der Waals surface area contributed by atoms with Gasteiger partial charge in [0, 0.05) is 11.6 Å². The third-order valence-corrected chi connectivity index (χ3v) is 4.02. The molecule has 2 N–H and O–H groups in total. The van der Waals surface area contributed by atoms with Gasteiger partial charge < -0.3 is 15.3 Å². The second-order valence-electron chi connectivity index (χ2n) is 6.82. The van der Waals surface area contributed by atoms with E-state index in [4.69, 9.17) is 5.11 Å². The van der Waals surface area contributed by atoms with E-state index in [9.17, 15) is 9.59 Å². The Morgan fingerprint density at radius 3 is 2.35 bits per heavy atom. The van der Waals surface area contributed by atoms with E-state index in [1.807, 2.05) is 20.8 Å². The molecule has 0 saturated heterocycles. The number of nitrogens with one attached hydrogen (secondary N) is 1. The maximum absolute atomic E-state index is 12.4. The molecule has 2 atom stereocenters. The summed E-state index contributed by atoms with van der Waals surface area (Å²) in [4.78, 5) is 24.7. The summed E-state index contributed by atoms with van der Waals surface area (Å²) in [6.07, 6.45) is 5.67. The number of rotatable bonds is 3. The largest absolute Gasteiger partial charge is 0.480 e. The molecule has 5 heteroatoms. The molecule has 0 spiro atoms. The van der Waals surface area contributed by atoms with Crippen LogP contribution in [0.5, 0.6) is 0 Å². The van der Waals surface area contributed by atoms with Crippen molar-refractivity contribution in [1.82, 2.24) is 10.2 Å². The van der Waals surface area contributed by atoms with Gasteiger partial charge in [0.15, 0.2) is 0 Å². The molecule has 1 saturated carbocycles. The molecule has 0 aromatic rings. The standard InChI is InChI=1S/C15H28N2O3/c1-11-8-6-5-7-9-12(11)16-14(20)17(10-13(18)19)15(2,3)4/h11-12H,5-10H2,1-4H3,(H,16,20)(H,18,19). The third-order valence-electron chi connectivity index (χ3n) is 4.02. The normalized spacial score (nSPS) is 23.8. The molecular weight excluding hydrogens is 256 g/mol. The number of hydrogen-bond acceptors (Lipinski definition) is 2. The molecule has 0 aliphatic heterocycles. The lowest BCUT2D eigenvalue weighted by molar-refractivity contribution is -0.138. The molecule has 0 aromatic heterocycles. The second-order valence-corrected chi connectivity index (χ2v) is 6.82. The van der Waals surface area contributed by atoms with Gasteiger partial charge in [-0.25, -0.2) is 4.79 Å². The molecule has 1 fully saturated rings. The number of carbonyl (C=O) groups excluding carboxylic acids is 1. The number of urea groups is 1. The SMILES string of the molecule is CC1CCCCCC1NC(=O)N(CC(=O)O)C(C)(C)C. The fourth-order valence-corrected chi connectivity index (χ4v) is 2.69. The summed E-state index contributed by atoms with van der Waals surface area (Å²) in [5.74, 6) is -0.530. The molecule has 0 heterocycles. The van der Waals surface area contributed by atoms with Gasteiger partial charge in [-0.15, -0.1) is 0 Å². The predicted octanol–water partition coefficient (Wildman–Crippen LogP) is 2.85. The fraction of sp³-hybridized carbons (Fsp3) is 0.867. The van der Waals surface area contributed by atoms with Gasteiger partial charge in [-0.3, -0.25) is 4.79 Å². The number of carboxylic acid groups (broad SMARTS) is 1. The Labute approximate surface area is 121 Å². The van der Waals surface area contributed by atoms with Gasteiger partial charge in [0.25, 0.3) is 0 Å². The van der Waals surface area contributed by atoms with E-state index in [0.29, 0.717) is 5.92 Å². The highest BCUT2D eigenvalue weighted by molar-refractivity contribution is 5.81. The van der Waals surface area contributed by atoms with Crippen LogP contribution in [0.3, 0.4) is 0 Å². The monoisotopic (exact) mass is 284 g/mol. The minimum Gasteiger partial charge on any atom is -0.480 e. The highest BCUT2D eigenvalue weighted by Crippen LogP contribution is 2.23. The molecule has 0 radical (unpaired) electrons. The van der Waals surface area contributed by atoms with Crippen LogP contribution < -0.4 is 5.32 Å². The van der Waals surface area contributed by atoms with Crippen LogP contribution in [0.4, 0.5) is 4.79 Å². The third kappa shape index (κ3) is 5.02. The molecule has 2 amide bonds. The van der Waals surface area contributed by atoms with Crippen LogP contribution in [0, 0.1) is 5.92 Å². The summed E-state index contributed by atoms with van der Waals surface area (Å²) in [6, 6.07) is -0.109. The number of nitrogens with zero attached hydrogens (tertiary/aromatic N) is 1. The topological polar surface area (TPSA) is 69.6 Å². The molecule has 0 bridgehead atoms. The molecule has 2 unspecified atom stereocenters. The van der Waals surface area contributed by atoms with Crippen molar-refractivity contribution >= 4 is 12.0 Å². The van der Waals surface area contributed by atoms with E-state index in [1.165, 1.54) is 17.7 Å². The van der Waals surface area contributed by atoms with Crippen LogP contribution >= 0.6 is 0 Å². The highest BCUT2D eigenvalue weighted by Gasteiger charge is 2.31. The number of carbonyl (C=O) groups is 2.